The summed E-state index contributed by atoms with van der Waals surface area (Å²) >= 11 is 0. The molecule has 0 fully saturated rings. The summed E-state index contributed by atoms with van der Waals surface area (Å²) in [5.74, 6) is 0.886. The molecule has 7 heteroatoms. The van der Waals surface area contributed by atoms with Crippen LogP contribution in [-0.4, -0.2) is 31.3 Å². The van der Waals surface area contributed by atoms with Gasteiger partial charge in [0.05, 0.1) is 25.0 Å². The molecule has 0 bridgehead atoms. The Morgan fingerprint density at radius 1 is 1.35 bits per heavy atom. The van der Waals surface area contributed by atoms with Crippen molar-refractivity contribution in [1.29, 1.82) is 5.26 Å². The Morgan fingerprint density at radius 2 is 2.12 bits per heavy atom. The molecule has 86 valence electrons. The fourth-order valence-corrected chi connectivity index (χ4v) is 1.22. The second-order valence-electron chi connectivity index (χ2n) is 3.30. The molecule has 0 aliphatic carbocycles. The van der Waals surface area contributed by atoms with Crippen LogP contribution in [-0.2, 0) is 6.42 Å². The third-order valence-corrected chi connectivity index (χ3v) is 1.97. The van der Waals surface area contributed by atoms with Gasteiger partial charge >= 0.3 is 0 Å². The number of hydrogen-bond donors (Lipinski definition) is 1. The summed E-state index contributed by atoms with van der Waals surface area (Å²) in [6, 6.07) is 3.54. The molecular formula is C10H9N5O2. The molecule has 7 nitrogen and oxygen atoms in total. The lowest BCUT2D eigenvalue weighted by molar-refractivity contribution is 0.167. The Bertz CT molecular complexity index is 519. The van der Waals surface area contributed by atoms with E-state index in [0.717, 1.165) is 0 Å². The van der Waals surface area contributed by atoms with Crippen LogP contribution in [0, 0.1) is 11.3 Å². The van der Waals surface area contributed by atoms with E-state index in [0.29, 0.717) is 5.82 Å². The average Bonchev–Trinajstić information content (AvgIpc) is 2.79. The molecule has 2 aromatic rings. The average molecular weight is 231 g/mol. The van der Waals surface area contributed by atoms with E-state index in [-0.39, 0.29) is 24.6 Å². The number of rotatable bonds is 4. The van der Waals surface area contributed by atoms with Gasteiger partial charge in [-0.1, -0.05) is 5.16 Å². The highest BCUT2D eigenvalue weighted by Gasteiger charge is 2.14. The van der Waals surface area contributed by atoms with Gasteiger partial charge in [0.25, 0.3) is 0 Å². The first-order chi connectivity index (χ1) is 8.29. The van der Waals surface area contributed by atoms with Crippen molar-refractivity contribution in [1.82, 2.24) is 20.1 Å². The summed E-state index contributed by atoms with van der Waals surface area (Å²) in [5.41, 5.74) is 0. The maximum absolute atomic E-state index is 9.40. The van der Waals surface area contributed by atoms with Gasteiger partial charge in [-0.05, 0) is 6.07 Å². The van der Waals surface area contributed by atoms with E-state index < -0.39 is 6.10 Å². The SMILES string of the molecule is N#CCC(O)Cc1nc(-c2ncccn2)no1. The van der Waals surface area contributed by atoms with Crippen molar-refractivity contribution in [3.8, 4) is 17.7 Å². The molecular weight excluding hydrogens is 222 g/mol. The molecule has 1 atom stereocenters. The number of aliphatic hydroxyl groups excluding tert-OH is 1. The van der Waals surface area contributed by atoms with Crippen molar-refractivity contribution < 1.29 is 9.63 Å². The summed E-state index contributed by atoms with van der Waals surface area (Å²) in [5, 5.41) is 21.5. The minimum absolute atomic E-state index is 0.0273. The van der Waals surface area contributed by atoms with Crippen molar-refractivity contribution in [2.45, 2.75) is 18.9 Å². The molecule has 0 radical (unpaired) electrons. The number of nitriles is 1. The first kappa shape index (κ1) is 11.2. The molecule has 2 heterocycles. The molecule has 0 saturated heterocycles. The zero-order valence-electron chi connectivity index (χ0n) is 8.82. The van der Waals surface area contributed by atoms with E-state index in [1.165, 1.54) is 0 Å². The fourth-order valence-electron chi connectivity index (χ4n) is 1.22. The van der Waals surface area contributed by atoms with Gasteiger partial charge in [0.15, 0.2) is 0 Å². The van der Waals surface area contributed by atoms with E-state index in [4.69, 9.17) is 9.78 Å². The molecule has 17 heavy (non-hydrogen) atoms. The summed E-state index contributed by atoms with van der Waals surface area (Å²) in [6.45, 7) is 0. The maximum Gasteiger partial charge on any atom is 0.240 e. The highest BCUT2D eigenvalue weighted by atomic mass is 16.5. The fraction of sp³-hybridized carbons (Fsp3) is 0.300. The van der Waals surface area contributed by atoms with Gasteiger partial charge < -0.3 is 9.63 Å². The van der Waals surface area contributed by atoms with Crippen molar-refractivity contribution >= 4 is 0 Å². The van der Waals surface area contributed by atoms with Crippen LogP contribution in [0.25, 0.3) is 11.6 Å². The predicted molar refractivity (Wildman–Crippen MR) is 55.3 cm³/mol. The van der Waals surface area contributed by atoms with Crippen LogP contribution >= 0.6 is 0 Å². The molecule has 0 aromatic carbocycles. The largest absolute Gasteiger partial charge is 0.392 e. The van der Waals surface area contributed by atoms with E-state index in [9.17, 15) is 5.11 Å². The smallest absolute Gasteiger partial charge is 0.240 e. The number of hydrogen-bond acceptors (Lipinski definition) is 7. The molecule has 0 amide bonds. The van der Waals surface area contributed by atoms with Gasteiger partial charge in [-0.2, -0.15) is 10.2 Å². The third kappa shape index (κ3) is 2.83. The van der Waals surface area contributed by atoms with E-state index in [1.807, 2.05) is 6.07 Å². The zero-order chi connectivity index (χ0) is 12.1. The summed E-state index contributed by atoms with van der Waals surface area (Å²) in [4.78, 5) is 12.0. The summed E-state index contributed by atoms with van der Waals surface area (Å²) in [6.07, 6.45) is 2.52. The Morgan fingerprint density at radius 3 is 2.82 bits per heavy atom. The number of nitrogens with zero attached hydrogens (tertiary/aromatic N) is 5. The Balaban J connectivity index is 2.09. The van der Waals surface area contributed by atoms with Gasteiger partial charge in [0, 0.05) is 12.4 Å². The van der Waals surface area contributed by atoms with Crippen molar-refractivity contribution in [3.63, 3.8) is 0 Å². The predicted octanol–water partition coefficient (Wildman–Crippen LogP) is 0.344. The first-order valence-corrected chi connectivity index (χ1v) is 4.94. The van der Waals surface area contributed by atoms with Gasteiger partial charge in [-0.15, -0.1) is 0 Å². The van der Waals surface area contributed by atoms with Crippen LogP contribution in [0.5, 0.6) is 0 Å². The van der Waals surface area contributed by atoms with Crippen LogP contribution in [0.1, 0.15) is 12.3 Å². The van der Waals surface area contributed by atoms with E-state index >= 15 is 0 Å². The Kier molecular flexibility index (Phi) is 3.37. The second kappa shape index (κ2) is 5.14. The molecule has 1 unspecified atom stereocenters. The minimum atomic E-state index is -0.801. The zero-order valence-corrected chi connectivity index (χ0v) is 8.82. The molecule has 0 aliphatic heterocycles. The van der Waals surface area contributed by atoms with Gasteiger partial charge in [-0.3, -0.25) is 0 Å². The first-order valence-electron chi connectivity index (χ1n) is 4.94. The van der Waals surface area contributed by atoms with E-state index in [1.54, 1.807) is 18.5 Å². The topological polar surface area (TPSA) is 109 Å². The van der Waals surface area contributed by atoms with Gasteiger partial charge in [-0.25, -0.2) is 9.97 Å². The van der Waals surface area contributed by atoms with Gasteiger partial charge in [0.2, 0.25) is 17.5 Å². The molecule has 2 rings (SSSR count). The lowest BCUT2D eigenvalue weighted by Gasteiger charge is -1.99. The quantitative estimate of drug-likeness (QED) is 0.808. The number of aliphatic hydroxyl groups is 1. The van der Waals surface area contributed by atoms with Crippen molar-refractivity contribution in [2.75, 3.05) is 0 Å². The highest BCUT2D eigenvalue weighted by molar-refractivity contribution is 5.40. The second-order valence-corrected chi connectivity index (χ2v) is 3.30. The standard InChI is InChI=1S/C10H9N5O2/c11-3-2-7(16)6-8-14-10(15-17-8)9-12-4-1-5-13-9/h1,4-5,7,16H,2,6H2. The van der Waals surface area contributed by atoms with Crippen molar-refractivity contribution in [3.05, 3.63) is 24.4 Å². The molecule has 2 aromatic heterocycles. The lowest BCUT2D eigenvalue weighted by Crippen LogP contribution is -2.09. The lowest BCUT2D eigenvalue weighted by atomic mass is 10.2. The van der Waals surface area contributed by atoms with Crippen LogP contribution in [0.15, 0.2) is 23.0 Å². The van der Waals surface area contributed by atoms with Crippen LogP contribution in [0.3, 0.4) is 0 Å². The molecule has 0 saturated carbocycles. The third-order valence-electron chi connectivity index (χ3n) is 1.97. The van der Waals surface area contributed by atoms with Gasteiger partial charge in [0.1, 0.15) is 0 Å². The normalized spacial score (nSPS) is 12.0. The Hall–Kier alpha value is -2.33. The molecule has 0 spiro atoms. The number of aromatic nitrogens is 4. The van der Waals surface area contributed by atoms with E-state index in [2.05, 4.69) is 20.1 Å². The van der Waals surface area contributed by atoms with Crippen molar-refractivity contribution in [2.24, 2.45) is 0 Å². The van der Waals surface area contributed by atoms with Crippen LogP contribution in [0.4, 0.5) is 0 Å². The Labute approximate surface area is 96.8 Å². The minimum Gasteiger partial charge on any atom is -0.392 e. The summed E-state index contributed by atoms with van der Waals surface area (Å²) in [7, 11) is 0. The highest BCUT2D eigenvalue weighted by Crippen LogP contribution is 2.10. The monoisotopic (exact) mass is 231 g/mol. The van der Waals surface area contributed by atoms with Crippen LogP contribution < -0.4 is 0 Å². The maximum atomic E-state index is 9.40. The molecule has 0 aliphatic rings. The summed E-state index contributed by atoms with van der Waals surface area (Å²) < 4.78 is 4.93. The van der Waals surface area contributed by atoms with Crippen LogP contribution in [0.2, 0.25) is 0 Å². The molecule has 1 N–H and O–H groups in total.